The van der Waals surface area contributed by atoms with Gasteiger partial charge in [-0.1, -0.05) is 6.42 Å². The Morgan fingerprint density at radius 3 is 2.79 bits per heavy atom. The zero-order valence-electron chi connectivity index (χ0n) is 15.0. The summed E-state index contributed by atoms with van der Waals surface area (Å²) in [6, 6.07) is 2.80. The molecule has 0 spiro atoms. The highest BCUT2D eigenvalue weighted by Gasteiger charge is 2.26. The van der Waals surface area contributed by atoms with Gasteiger partial charge in [0.05, 0.1) is 18.8 Å². The number of carbonyl (C=O) groups excluding carboxylic acids is 1. The van der Waals surface area contributed by atoms with Crippen molar-refractivity contribution in [2.75, 3.05) is 26.3 Å². The maximum atomic E-state index is 12.4. The van der Waals surface area contributed by atoms with Crippen LogP contribution in [0.5, 0.6) is 0 Å². The maximum Gasteiger partial charge on any atom is 0.234 e. The van der Waals surface area contributed by atoms with E-state index in [-0.39, 0.29) is 11.9 Å². The van der Waals surface area contributed by atoms with Gasteiger partial charge in [0.1, 0.15) is 0 Å². The Labute approximate surface area is 144 Å². The Hall–Kier alpha value is -1.40. The standard InChI is InChI=1S/C18H30N4O2/c1-14-11-15(2)22(20-14)12-17-5-3-4-8-21(17)13-18(23)19-16-6-9-24-10-7-16/h11,16-17H,3-10,12-13H2,1-2H3,(H,19,23)/t17-/m0/s1. The zero-order valence-corrected chi connectivity index (χ0v) is 15.0. The van der Waals surface area contributed by atoms with Gasteiger partial charge >= 0.3 is 0 Å². The number of carbonyl (C=O) groups is 1. The predicted molar refractivity (Wildman–Crippen MR) is 92.9 cm³/mol. The summed E-state index contributed by atoms with van der Waals surface area (Å²) in [4.78, 5) is 14.8. The molecule has 3 rings (SSSR count). The summed E-state index contributed by atoms with van der Waals surface area (Å²) in [6.45, 7) is 8.04. The largest absolute Gasteiger partial charge is 0.381 e. The minimum atomic E-state index is 0.155. The molecule has 2 saturated heterocycles. The maximum absolute atomic E-state index is 12.4. The van der Waals surface area contributed by atoms with E-state index in [0.717, 1.165) is 51.3 Å². The number of nitrogens with one attached hydrogen (secondary N) is 1. The number of hydrogen-bond donors (Lipinski definition) is 1. The highest BCUT2D eigenvalue weighted by molar-refractivity contribution is 5.78. The fourth-order valence-corrected chi connectivity index (χ4v) is 3.83. The van der Waals surface area contributed by atoms with E-state index < -0.39 is 0 Å². The molecule has 1 aromatic rings. The molecule has 2 aliphatic heterocycles. The zero-order chi connectivity index (χ0) is 16.9. The fourth-order valence-electron chi connectivity index (χ4n) is 3.83. The lowest BCUT2D eigenvalue weighted by molar-refractivity contribution is -0.124. The Bertz CT molecular complexity index is 551. The van der Waals surface area contributed by atoms with Gasteiger partial charge in [-0.05, 0) is 52.1 Å². The normalized spacial score (nSPS) is 23.3. The molecule has 24 heavy (non-hydrogen) atoms. The van der Waals surface area contributed by atoms with Crippen molar-refractivity contribution in [3.8, 4) is 0 Å². The van der Waals surface area contributed by atoms with Crippen LogP contribution in [0.15, 0.2) is 6.07 Å². The number of nitrogens with zero attached hydrogens (tertiary/aromatic N) is 3. The third-order valence-electron chi connectivity index (χ3n) is 5.17. The van der Waals surface area contributed by atoms with Crippen LogP contribution in [0.4, 0.5) is 0 Å². The Morgan fingerprint density at radius 2 is 2.08 bits per heavy atom. The number of rotatable bonds is 5. The van der Waals surface area contributed by atoms with Gasteiger partial charge in [0.25, 0.3) is 0 Å². The van der Waals surface area contributed by atoms with Crippen molar-refractivity contribution < 1.29 is 9.53 Å². The van der Waals surface area contributed by atoms with Crippen molar-refractivity contribution >= 4 is 5.91 Å². The highest BCUT2D eigenvalue weighted by atomic mass is 16.5. The van der Waals surface area contributed by atoms with E-state index in [0.29, 0.717) is 12.6 Å². The van der Waals surface area contributed by atoms with Crippen molar-refractivity contribution in [1.82, 2.24) is 20.0 Å². The van der Waals surface area contributed by atoms with Crippen molar-refractivity contribution in [3.05, 3.63) is 17.5 Å². The smallest absolute Gasteiger partial charge is 0.234 e. The summed E-state index contributed by atoms with van der Waals surface area (Å²) in [5.41, 5.74) is 2.26. The summed E-state index contributed by atoms with van der Waals surface area (Å²) in [5.74, 6) is 0.155. The number of ether oxygens (including phenoxy) is 1. The van der Waals surface area contributed by atoms with Gasteiger partial charge in [-0.15, -0.1) is 0 Å². The molecule has 134 valence electrons. The van der Waals surface area contributed by atoms with Gasteiger partial charge in [0, 0.05) is 31.0 Å². The molecule has 0 aromatic carbocycles. The number of aryl methyl sites for hydroxylation is 2. The van der Waals surface area contributed by atoms with Crippen LogP contribution in [0.1, 0.15) is 43.5 Å². The van der Waals surface area contributed by atoms with Gasteiger partial charge in [-0.3, -0.25) is 14.4 Å². The van der Waals surface area contributed by atoms with Crippen LogP contribution in [0.25, 0.3) is 0 Å². The summed E-state index contributed by atoms with van der Waals surface area (Å²) >= 11 is 0. The Morgan fingerprint density at radius 1 is 1.29 bits per heavy atom. The van der Waals surface area contributed by atoms with Gasteiger partial charge < -0.3 is 10.1 Å². The van der Waals surface area contributed by atoms with E-state index in [4.69, 9.17) is 4.74 Å². The Balaban J connectivity index is 1.55. The van der Waals surface area contributed by atoms with E-state index >= 15 is 0 Å². The second-order valence-corrected chi connectivity index (χ2v) is 7.18. The first kappa shape index (κ1) is 17.4. The molecule has 1 atom stereocenters. The van der Waals surface area contributed by atoms with Crippen molar-refractivity contribution in [1.29, 1.82) is 0 Å². The van der Waals surface area contributed by atoms with Crippen LogP contribution in [-0.4, -0.2) is 59.0 Å². The first-order valence-corrected chi connectivity index (χ1v) is 9.24. The molecule has 2 fully saturated rings. The molecule has 1 amide bonds. The molecular formula is C18H30N4O2. The van der Waals surface area contributed by atoms with Gasteiger partial charge in [-0.2, -0.15) is 5.10 Å². The highest BCUT2D eigenvalue weighted by Crippen LogP contribution is 2.19. The van der Waals surface area contributed by atoms with E-state index in [1.54, 1.807) is 0 Å². The lowest BCUT2D eigenvalue weighted by Crippen LogP contribution is -2.49. The predicted octanol–water partition coefficient (Wildman–Crippen LogP) is 1.65. The molecule has 0 saturated carbocycles. The fraction of sp³-hybridized carbons (Fsp3) is 0.778. The molecule has 1 aromatic heterocycles. The second-order valence-electron chi connectivity index (χ2n) is 7.18. The van der Waals surface area contributed by atoms with Crippen LogP contribution in [0.3, 0.4) is 0 Å². The first-order chi connectivity index (χ1) is 11.6. The first-order valence-electron chi connectivity index (χ1n) is 9.24. The molecule has 0 unspecified atom stereocenters. The van der Waals surface area contributed by atoms with Crippen molar-refractivity contribution in [2.45, 2.75) is 64.6 Å². The monoisotopic (exact) mass is 334 g/mol. The molecule has 3 heterocycles. The number of aromatic nitrogens is 2. The molecule has 1 N–H and O–H groups in total. The Kier molecular flexibility index (Phi) is 5.89. The molecule has 2 aliphatic rings. The van der Waals surface area contributed by atoms with Crippen LogP contribution >= 0.6 is 0 Å². The second kappa shape index (κ2) is 8.12. The minimum Gasteiger partial charge on any atom is -0.381 e. The quantitative estimate of drug-likeness (QED) is 0.889. The molecular weight excluding hydrogens is 304 g/mol. The van der Waals surface area contributed by atoms with Gasteiger partial charge in [-0.25, -0.2) is 0 Å². The van der Waals surface area contributed by atoms with Crippen LogP contribution in [0.2, 0.25) is 0 Å². The van der Waals surface area contributed by atoms with E-state index in [1.165, 1.54) is 18.5 Å². The number of hydrogen-bond acceptors (Lipinski definition) is 4. The average Bonchev–Trinajstić information content (AvgIpc) is 2.87. The summed E-state index contributed by atoms with van der Waals surface area (Å²) in [5, 5.41) is 7.77. The van der Waals surface area contributed by atoms with Crippen LogP contribution in [-0.2, 0) is 16.1 Å². The topological polar surface area (TPSA) is 59.4 Å². The molecule has 0 aliphatic carbocycles. The number of likely N-dealkylation sites (tertiary alicyclic amines) is 1. The summed E-state index contributed by atoms with van der Waals surface area (Å²) in [6.07, 6.45) is 5.42. The summed E-state index contributed by atoms with van der Waals surface area (Å²) in [7, 11) is 0. The van der Waals surface area contributed by atoms with E-state index in [2.05, 4.69) is 33.0 Å². The SMILES string of the molecule is Cc1cc(C)n(C[C@@H]2CCCCN2CC(=O)NC2CCOCC2)n1. The lowest BCUT2D eigenvalue weighted by Gasteiger charge is -2.36. The van der Waals surface area contributed by atoms with E-state index in [9.17, 15) is 4.79 Å². The molecule has 6 heteroatoms. The van der Waals surface area contributed by atoms with Crippen molar-refractivity contribution in [3.63, 3.8) is 0 Å². The van der Waals surface area contributed by atoms with Gasteiger partial charge in [0.2, 0.25) is 5.91 Å². The van der Waals surface area contributed by atoms with Crippen LogP contribution in [0, 0.1) is 13.8 Å². The lowest BCUT2D eigenvalue weighted by atomic mass is 10.0. The molecule has 0 radical (unpaired) electrons. The molecule has 0 bridgehead atoms. The average molecular weight is 334 g/mol. The van der Waals surface area contributed by atoms with Crippen molar-refractivity contribution in [2.24, 2.45) is 0 Å². The third kappa shape index (κ3) is 4.57. The van der Waals surface area contributed by atoms with Crippen LogP contribution < -0.4 is 5.32 Å². The summed E-state index contributed by atoms with van der Waals surface area (Å²) < 4.78 is 7.45. The third-order valence-corrected chi connectivity index (χ3v) is 5.17. The molecule has 6 nitrogen and oxygen atoms in total. The number of amides is 1. The minimum absolute atomic E-state index is 0.155. The van der Waals surface area contributed by atoms with Gasteiger partial charge in [0.15, 0.2) is 0 Å². The van der Waals surface area contributed by atoms with E-state index in [1.807, 2.05) is 6.92 Å². The number of piperidine rings is 1.